The van der Waals surface area contributed by atoms with Crippen LogP contribution in [0.3, 0.4) is 0 Å². The van der Waals surface area contributed by atoms with Crippen molar-refractivity contribution in [1.82, 2.24) is 4.57 Å². The van der Waals surface area contributed by atoms with E-state index in [-0.39, 0.29) is 0 Å². The minimum absolute atomic E-state index is 1.13. The van der Waals surface area contributed by atoms with Gasteiger partial charge in [-0.25, -0.2) is 0 Å². The topological polar surface area (TPSA) is 8.17 Å². The van der Waals surface area contributed by atoms with Crippen LogP contribution < -0.4 is 4.90 Å². The van der Waals surface area contributed by atoms with Crippen LogP contribution in [0.4, 0.5) is 17.1 Å². The summed E-state index contributed by atoms with van der Waals surface area (Å²) in [7, 11) is 0. The maximum atomic E-state index is 2.40. The summed E-state index contributed by atoms with van der Waals surface area (Å²) in [5.74, 6) is 0. The van der Waals surface area contributed by atoms with Gasteiger partial charge in [0.2, 0.25) is 0 Å². The number of aromatic nitrogens is 1. The van der Waals surface area contributed by atoms with Gasteiger partial charge in [0.15, 0.2) is 0 Å². The van der Waals surface area contributed by atoms with Crippen molar-refractivity contribution in [1.29, 1.82) is 0 Å². The Hall–Kier alpha value is -6.16. The zero-order valence-corrected chi connectivity index (χ0v) is 27.4. The molecule has 0 saturated carbocycles. The molecule has 10 aromatic rings. The Labute approximate surface area is 288 Å². The second kappa shape index (κ2) is 11.2. The van der Waals surface area contributed by atoms with Crippen LogP contribution in [0.2, 0.25) is 0 Å². The van der Waals surface area contributed by atoms with Gasteiger partial charge in [-0.2, -0.15) is 0 Å². The maximum Gasteiger partial charge on any atom is 0.0547 e. The molecule has 0 radical (unpaired) electrons. The number of thiophene rings is 1. The molecule has 0 fully saturated rings. The lowest BCUT2D eigenvalue weighted by Crippen LogP contribution is -2.09. The molecule has 10 rings (SSSR count). The Balaban J connectivity index is 1.02. The first kappa shape index (κ1) is 27.9. The predicted octanol–water partition coefficient (Wildman–Crippen LogP) is 13.4. The molecule has 0 saturated heterocycles. The fourth-order valence-electron chi connectivity index (χ4n) is 7.42. The third-order valence-corrected chi connectivity index (χ3v) is 10.9. The fourth-order valence-corrected chi connectivity index (χ4v) is 8.56. The molecule has 0 aliphatic heterocycles. The normalized spacial score (nSPS) is 11.7. The zero-order chi connectivity index (χ0) is 32.3. The van der Waals surface area contributed by atoms with E-state index in [0.717, 1.165) is 22.7 Å². The summed E-state index contributed by atoms with van der Waals surface area (Å²) >= 11 is 1.86. The Kier molecular flexibility index (Phi) is 6.39. The number of nitrogens with zero attached hydrogens (tertiary/aromatic N) is 2. The maximum absolute atomic E-state index is 2.40. The van der Waals surface area contributed by atoms with E-state index >= 15 is 0 Å². The van der Waals surface area contributed by atoms with Crippen molar-refractivity contribution in [2.24, 2.45) is 0 Å². The van der Waals surface area contributed by atoms with Crippen molar-refractivity contribution in [3.8, 4) is 16.8 Å². The molecule has 0 N–H and O–H groups in total. The second-order valence-electron chi connectivity index (χ2n) is 12.6. The first-order chi connectivity index (χ1) is 24.3. The first-order valence-corrected chi connectivity index (χ1v) is 17.5. The lowest BCUT2D eigenvalue weighted by atomic mass is 10.0. The van der Waals surface area contributed by atoms with Gasteiger partial charge >= 0.3 is 0 Å². The standard InChI is InChI=1S/C46H30N2S/c1-2-12-35(13-3-1)47(38-26-27-41-40-15-7-9-17-45(40)49-46(41)30-38)36-22-18-31(19-23-36)32-20-24-37(25-21-32)48-43-16-8-6-14-39(43)42-28-33-10-4-5-11-34(33)29-44(42)48/h1-30H. The van der Waals surface area contributed by atoms with Crippen molar-refractivity contribution in [3.05, 3.63) is 182 Å². The summed E-state index contributed by atoms with van der Waals surface area (Å²) in [6.07, 6.45) is 0. The number of fused-ring (bicyclic) bond motifs is 7. The van der Waals surface area contributed by atoms with Crippen molar-refractivity contribution >= 4 is 81.1 Å². The molecule has 0 aliphatic rings. The summed E-state index contributed by atoms with van der Waals surface area (Å²) in [6.45, 7) is 0. The van der Waals surface area contributed by atoms with Crippen LogP contribution >= 0.6 is 11.3 Å². The summed E-state index contributed by atoms with van der Waals surface area (Å²) in [5.41, 5.74) is 9.42. The summed E-state index contributed by atoms with van der Waals surface area (Å²) in [6, 6.07) is 66.1. The highest BCUT2D eigenvalue weighted by Crippen LogP contribution is 2.41. The van der Waals surface area contributed by atoms with Gasteiger partial charge in [-0.3, -0.25) is 0 Å². The van der Waals surface area contributed by atoms with Crippen LogP contribution in [0.25, 0.3) is 69.6 Å². The average molecular weight is 643 g/mol. The highest BCUT2D eigenvalue weighted by Gasteiger charge is 2.16. The third kappa shape index (κ3) is 4.62. The molecule has 0 aliphatic carbocycles. The first-order valence-electron chi connectivity index (χ1n) is 16.7. The van der Waals surface area contributed by atoms with Crippen molar-refractivity contribution in [3.63, 3.8) is 0 Å². The molecule has 2 nitrogen and oxygen atoms in total. The smallest absolute Gasteiger partial charge is 0.0547 e. The molecule has 0 amide bonds. The van der Waals surface area contributed by atoms with E-state index in [2.05, 4.69) is 191 Å². The molecule has 2 aromatic heterocycles. The van der Waals surface area contributed by atoms with Gasteiger partial charge in [-0.05, 0) is 94.7 Å². The average Bonchev–Trinajstić information content (AvgIpc) is 3.70. The van der Waals surface area contributed by atoms with Crippen molar-refractivity contribution in [2.45, 2.75) is 0 Å². The minimum atomic E-state index is 1.13. The van der Waals surface area contributed by atoms with E-state index in [0.29, 0.717) is 0 Å². The van der Waals surface area contributed by atoms with E-state index in [1.165, 1.54) is 63.9 Å². The van der Waals surface area contributed by atoms with E-state index < -0.39 is 0 Å². The Bertz CT molecular complexity index is 2810. The van der Waals surface area contributed by atoms with Crippen LogP contribution in [0.1, 0.15) is 0 Å². The second-order valence-corrected chi connectivity index (χ2v) is 13.7. The molecule has 0 atom stereocenters. The molecule has 0 spiro atoms. The number of rotatable bonds is 5. The largest absolute Gasteiger partial charge is 0.310 e. The summed E-state index contributed by atoms with van der Waals surface area (Å²) < 4.78 is 5.02. The van der Waals surface area contributed by atoms with Crippen LogP contribution in [-0.2, 0) is 0 Å². The third-order valence-electron chi connectivity index (χ3n) is 9.76. The molecule has 0 unspecified atom stereocenters. The van der Waals surface area contributed by atoms with E-state index in [9.17, 15) is 0 Å². The van der Waals surface area contributed by atoms with E-state index in [1.807, 2.05) is 11.3 Å². The number of hydrogen-bond acceptors (Lipinski definition) is 2. The zero-order valence-electron chi connectivity index (χ0n) is 26.6. The Morgan fingerprint density at radius 2 is 0.959 bits per heavy atom. The van der Waals surface area contributed by atoms with Gasteiger partial charge in [-0.15, -0.1) is 11.3 Å². The quantitative estimate of drug-likeness (QED) is 0.181. The van der Waals surface area contributed by atoms with E-state index in [4.69, 9.17) is 0 Å². The highest BCUT2D eigenvalue weighted by atomic mass is 32.1. The van der Waals surface area contributed by atoms with Crippen LogP contribution in [-0.4, -0.2) is 4.57 Å². The van der Waals surface area contributed by atoms with Gasteiger partial charge in [0.05, 0.1) is 11.0 Å². The molecule has 8 aromatic carbocycles. The van der Waals surface area contributed by atoms with Crippen LogP contribution in [0.5, 0.6) is 0 Å². The molecule has 3 heteroatoms. The molecule has 49 heavy (non-hydrogen) atoms. The lowest BCUT2D eigenvalue weighted by Gasteiger charge is -2.25. The Morgan fingerprint density at radius 3 is 1.76 bits per heavy atom. The molecular weight excluding hydrogens is 613 g/mol. The van der Waals surface area contributed by atoms with Gasteiger partial charge < -0.3 is 9.47 Å². The van der Waals surface area contributed by atoms with Crippen LogP contribution in [0.15, 0.2) is 182 Å². The molecular formula is C46H30N2S. The van der Waals surface area contributed by atoms with Gasteiger partial charge in [0, 0.05) is 53.7 Å². The predicted molar refractivity (Wildman–Crippen MR) is 211 cm³/mol. The minimum Gasteiger partial charge on any atom is -0.310 e. The Morgan fingerprint density at radius 1 is 0.367 bits per heavy atom. The number of benzene rings is 8. The number of hydrogen-bond donors (Lipinski definition) is 0. The highest BCUT2D eigenvalue weighted by molar-refractivity contribution is 7.25. The molecule has 230 valence electrons. The summed E-state index contributed by atoms with van der Waals surface area (Å²) in [5, 5.41) is 7.71. The fraction of sp³-hybridized carbons (Fsp3) is 0. The van der Waals surface area contributed by atoms with E-state index in [1.54, 1.807) is 0 Å². The number of anilines is 3. The monoisotopic (exact) mass is 642 g/mol. The van der Waals surface area contributed by atoms with Crippen molar-refractivity contribution in [2.75, 3.05) is 4.90 Å². The van der Waals surface area contributed by atoms with Gasteiger partial charge in [-0.1, -0.05) is 109 Å². The number of para-hydroxylation sites is 2. The summed E-state index contributed by atoms with van der Waals surface area (Å²) in [4.78, 5) is 2.35. The van der Waals surface area contributed by atoms with Crippen LogP contribution in [0, 0.1) is 0 Å². The SMILES string of the molecule is c1ccc(N(c2ccc(-c3ccc(-n4c5ccccc5c5cc6ccccc6cc54)cc3)cc2)c2ccc3c(c2)sc2ccccc23)cc1. The van der Waals surface area contributed by atoms with Crippen molar-refractivity contribution < 1.29 is 0 Å². The lowest BCUT2D eigenvalue weighted by molar-refractivity contribution is 1.18. The molecule has 2 heterocycles. The molecule has 0 bridgehead atoms. The van der Waals surface area contributed by atoms with Gasteiger partial charge in [0.25, 0.3) is 0 Å². The van der Waals surface area contributed by atoms with Gasteiger partial charge in [0.1, 0.15) is 0 Å².